The second-order valence-electron chi connectivity index (χ2n) is 9.37. The number of sulfonamides is 1. The van der Waals surface area contributed by atoms with Gasteiger partial charge in [0, 0.05) is 38.4 Å². The second kappa shape index (κ2) is 9.96. The molecule has 1 atom stereocenters. The molecule has 2 saturated heterocycles. The predicted molar refractivity (Wildman–Crippen MR) is 134 cm³/mol. The van der Waals surface area contributed by atoms with Crippen LogP contribution < -0.4 is 9.64 Å². The van der Waals surface area contributed by atoms with Crippen LogP contribution in [-0.2, 0) is 14.8 Å². The molecule has 2 aliphatic rings. The lowest BCUT2D eigenvalue weighted by atomic mass is 10.1. The quantitative estimate of drug-likeness (QED) is 0.648. The maximum absolute atomic E-state index is 13.7. The van der Waals surface area contributed by atoms with Crippen LogP contribution in [0, 0.1) is 20.8 Å². The fraction of sp³-hybridized carbons (Fsp3) is 0.500. The monoisotopic (exact) mass is 485 g/mol. The van der Waals surface area contributed by atoms with Crippen LogP contribution in [0.1, 0.15) is 36.0 Å². The third kappa shape index (κ3) is 4.79. The van der Waals surface area contributed by atoms with E-state index < -0.39 is 16.1 Å². The third-order valence-electron chi connectivity index (χ3n) is 6.91. The van der Waals surface area contributed by atoms with E-state index in [9.17, 15) is 13.2 Å². The normalized spacial score (nSPS) is 19.8. The number of anilines is 1. The number of hydrogen-bond acceptors (Lipinski definition) is 5. The first-order valence-corrected chi connectivity index (χ1v) is 13.4. The number of rotatable bonds is 5. The maximum atomic E-state index is 13.7. The fourth-order valence-corrected chi connectivity index (χ4v) is 7.43. The summed E-state index contributed by atoms with van der Waals surface area (Å²) in [7, 11) is -2.10. The standard InChI is InChI=1S/C26H35N3O4S/c1-19-17-20(2)25(21(3)18-19)34(31,32)29-14-5-7-24(29)26(30)28-13-6-12-27(15-16-28)22-8-10-23(33-4)11-9-22/h8-11,17-18,24H,5-7,12-16H2,1-4H3. The molecule has 0 bridgehead atoms. The van der Waals surface area contributed by atoms with E-state index in [1.807, 2.05) is 62.1 Å². The number of nitrogens with zero attached hydrogens (tertiary/aromatic N) is 3. The minimum Gasteiger partial charge on any atom is -0.497 e. The number of benzene rings is 2. The molecule has 0 spiro atoms. The third-order valence-corrected chi connectivity index (χ3v) is 9.12. The molecule has 2 aliphatic heterocycles. The van der Waals surface area contributed by atoms with Gasteiger partial charge in [0.2, 0.25) is 15.9 Å². The Morgan fingerprint density at radius 2 is 1.59 bits per heavy atom. The maximum Gasteiger partial charge on any atom is 0.244 e. The van der Waals surface area contributed by atoms with Gasteiger partial charge in [0.1, 0.15) is 11.8 Å². The zero-order chi connectivity index (χ0) is 24.5. The minimum absolute atomic E-state index is 0.0694. The number of aryl methyl sites for hydroxylation is 3. The van der Waals surface area contributed by atoms with Crippen LogP contribution in [0.2, 0.25) is 0 Å². The minimum atomic E-state index is -3.76. The van der Waals surface area contributed by atoms with E-state index in [4.69, 9.17) is 4.74 Å². The van der Waals surface area contributed by atoms with Gasteiger partial charge in [-0.05, 0) is 75.4 Å². The summed E-state index contributed by atoms with van der Waals surface area (Å²) in [5, 5.41) is 0. The SMILES string of the molecule is COc1ccc(N2CCCN(C(=O)C3CCCN3S(=O)(=O)c3c(C)cc(C)cc3C)CC2)cc1. The highest BCUT2D eigenvalue weighted by molar-refractivity contribution is 7.89. The molecule has 0 radical (unpaired) electrons. The smallest absolute Gasteiger partial charge is 0.244 e. The summed E-state index contributed by atoms with van der Waals surface area (Å²) < 4.78 is 34.1. The highest BCUT2D eigenvalue weighted by Crippen LogP contribution is 2.32. The lowest BCUT2D eigenvalue weighted by molar-refractivity contribution is -0.134. The summed E-state index contributed by atoms with van der Waals surface area (Å²) in [5.41, 5.74) is 3.61. The van der Waals surface area contributed by atoms with E-state index in [0.717, 1.165) is 41.1 Å². The van der Waals surface area contributed by atoms with Gasteiger partial charge in [-0.1, -0.05) is 17.7 Å². The average Bonchev–Trinajstić information content (AvgIpc) is 3.17. The van der Waals surface area contributed by atoms with Crippen molar-refractivity contribution in [3.8, 4) is 5.75 Å². The molecular weight excluding hydrogens is 450 g/mol. The van der Waals surface area contributed by atoms with Crippen molar-refractivity contribution in [2.45, 2.75) is 51.0 Å². The molecule has 1 unspecified atom stereocenters. The topological polar surface area (TPSA) is 70.2 Å². The molecule has 4 rings (SSSR count). The lowest BCUT2D eigenvalue weighted by Crippen LogP contribution is -2.48. The van der Waals surface area contributed by atoms with E-state index >= 15 is 0 Å². The zero-order valence-electron chi connectivity index (χ0n) is 20.6. The number of carbonyl (C=O) groups excluding carboxylic acids is 1. The molecular formula is C26H35N3O4S. The molecule has 8 heteroatoms. The predicted octanol–water partition coefficient (Wildman–Crippen LogP) is 3.51. The molecule has 7 nitrogen and oxygen atoms in total. The van der Waals surface area contributed by atoms with Crippen molar-refractivity contribution in [3.05, 3.63) is 53.1 Å². The van der Waals surface area contributed by atoms with Gasteiger partial charge in [0.05, 0.1) is 12.0 Å². The van der Waals surface area contributed by atoms with Gasteiger partial charge in [0.25, 0.3) is 0 Å². The van der Waals surface area contributed by atoms with E-state index in [0.29, 0.717) is 43.9 Å². The largest absolute Gasteiger partial charge is 0.497 e. The van der Waals surface area contributed by atoms with E-state index in [2.05, 4.69) is 4.90 Å². The summed E-state index contributed by atoms with van der Waals surface area (Å²) in [6.07, 6.45) is 2.11. The summed E-state index contributed by atoms with van der Waals surface area (Å²) in [6, 6.07) is 11.1. The van der Waals surface area contributed by atoms with Crippen LogP contribution in [0.3, 0.4) is 0 Å². The van der Waals surface area contributed by atoms with Crippen molar-refractivity contribution in [1.82, 2.24) is 9.21 Å². The van der Waals surface area contributed by atoms with Gasteiger partial charge in [-0.25, -0.2) is 8.42 Å². The Kier molecular flexibility index (Phi) is 7.19. The van der Waals surface area contributed by atoms with Crippen molar-refractivity contribution in [2.24, 2.45) is 0 Å². The summed E-state index contributed by atoms with van der Waals surface area (Å²) in [4.78, 5) is 18.1. The van der Waals surface area contributed by atoms with Crippen LogP contribution in [0.15, 0.2) is 41.3 Å². The molecule has 34 heavy (non-hydrogen) atoms. The molecule has 2 heterocycles. The Labute approximate surface area is 203 Å². The molecule has 0 saturated carbocycles. The Balaban J connectivity index is 1.50. The van der Waals surface area contributed by atoms with Gasteiger partial charge >= 0.3 is 0 Å². The molecule has 0 N–H and O–H groups in total. The van der Waals surface area contributed by atoms with Gasteiger partial charge in [0.15, 0.2) is 0 Å². The van der Waals surface area contributed by atoms with Crippen LogP contribution in [0.25, 0.3) is 0 Å². The van der Waals surface area contributed by atoms with Gasteiger partial charge in [-0.15, -0.1) is 0 Å². The molecule has 2 aromatic carbocycles. The highest BCUT2D eigenvalue weighted by atomic mass is 32.2. The van der Waals surface area contributed by atoms with Crippen LogP contribution in [0.5, 0.6) is 5.75 Å². The first kappa shape index (κ1) is 24.5. The van der Waals surface area contributed by atoms with Crippen molar-refractivity contribution >= 4 is 21.6 Å². The van der Waals surface area contributed by atoms with E-state index in [1.54, 1.807) is 7.11 Å². The van der Waals surface area contributed by atoms with Crippen molar-refractivity contribution in [3.63, 3.8) is 0 Å². The first-order valence-electron chi connectivity index (χ1n) is 12.0. The Hall–Kier alpha value is -2.58. The van der Waals surface area contributed by atoms with Gasteiger partial charge in [-0.3, -0.25) is 4.79 Å². The van der Waals surface area contributed by atoms with Crippen molar-refractivity contribution in [2.75, 3.05) is 44.7 Å². The summed E-state index contributed by atoms with van der Waals surface area (Å²) in [5.74, 6) is 0.747. The van der Waals surface area contributed by atoms with Crippen LogP contribution >= 0.6 is 0 Å². The molecule has 1 amide bonds. The molecule has 2 aromatic rings. The zero-order valence-corrected chi connectivity index (χ0v) is 21.4. The number of methoxy groups -OCH3 is 1. The van der Waals surface area contributed by atoms with E-state index in [-0.39, 0.29) is 5.91 Å². The molecule has 184 valence electrons. The average molecular weight is 486 g/mol. The Bertz CT molecular complexity index is 1120. The number of amides is 1. The van der Waals surface area contributed by atoms with Crippen LogP contribution in [0.4, 0.5) is 5.69 Å². The number of hydrogen-bond donors (Lipinski definition) is 0. The van der Waals surface area contributed by atoms with Crippen molar-refractivity contribution < 1.29 is 17.9 Å². The highest BCUT2D eigenvalue weighted by Gasteiger charge is 2.42. The fourth-order valence-electron chi connectivity index (χ4n) is 5.37. The van der Waals surface area contributed by atoms with E-state index in [1.165, 1.54) is 4.31 Å². The van der Waals surface area contributed by atoms with Gasteiger partial charge in [-0.2, -0.15) is 4.31 Å². The molecule has 0 aliphatic carbocycles. The summed E-state index contributed by atoms with van der Waals surface area (Å²) in [6.45, 7) is 8.81. The second-order valence-corrected chi connectivity index (χ2v) is 11.2. The number of carbonyl (C=O) groups is 1. The number of ether oxygens (including phenoxy) is 1. The lowest BCUT2D eigenvalue weighted by Gasteiger charge is -2.30. The Morgan fingerprint density at radius 1 is 0.912 bits per heavy atom. The molecule has 2 fully saturated rings. The summed E-state index contributed by atoms with van der Waals surface area (Å²) >= 11 is 0. The first-order chi connectivity index (χ1) is 16.2. The van der Waals surface area contributed by atoms with Crippen molar-refractivity contribution in [1.29, 1.82) is 0 Å². The molecule has 0 aromatic heterocycles. The van der Waals surface area contributed by atoms with Gasteiger partial charge < -0.3 is 14.5 Å². The Morgan fingerprint density at radius 3 is 2.24 bits per heavy atom. The van der Waals surface area contributed by atoms with Crippen LogP contribution in [-0.4, -0.2) is 69.4 Å².